The van der Waals surface area contributed by atoms with Crippen LogP contribution >= 0.6 is 0 Å². The molecule has 1 nitrogen and oxygen atoms in total. The first-order chi connectivity index (χ1) is 10.9. The molecular formula is C21H16O. The maximum absolute atomic E-state index is 5.56. The Morgan fingerprint density at radius 3 is 2.45 bits per heavy atom. The molecule has 0 atom stereocenters. The van der Waals surface area contributed by atoms with Crippen LogP contribution in [0.15, 0.2) is 54.6 Å². The van der Waals surface area contributed by atoms with Gasteiger partial charge in [-0.3, -0.25) is 0 Å². The van der Waals surface area contributed by atoms with Crippen molar-refractivity contribution in [3.8, 4) is 5.75 Å². The molecule has 5 rings (SSSR count). The number of rotatable bonds is 1. The molecule has 0 N–H and O–H groups in total. The molecule has 0 aliphatic heterocycles. The molecule has 1 aliphatic carbocycles. The van der Waals surface area contributed by atoms with Crippen LogP contribution in [0.2, 0.25) is 0 Å². The third-order valence-corrected chi connectivity index (χ3v) is 5.04. The zero-order valence-electron chi connectivity index (χ0n) is 12.5. The van der Waals surface area contributed by atoms with Crippen LogP contribution in [-0.4, -0.2) is 7.11 Å². The van der Waals surface area contributed by atoms with Gasteiger partial charge in [0.1, 0.15) is 5.75 Å². The summed E-state index contributed by atoms with van der Waals surface area (Å²) in [7, 11) is 1.77. The SMILES string of the molecule is COc1ccc2cc3c(ccc4ccccc43)c3c2c1CC3. The maximum atomic E-state index is 5.56. The zero-order valence-corrected chi connectivity index (χ0v) is 12.5. The van der Waals surface area contributed by atoms with Gasteiger partial charge < -0.3 is 4.74 Å². The minimum absolute atomic E-state index is 1.03. The zero-order chi connectivity index (χ0) is 14.7. The maximum Gasteiger partial charge on any atom is 0.122 e. The van der Waals surface area contributed by atoms with E-state index in [4.69, 9.17) is 4.74 Å². The highest BCUT2D eigenvalue weighted by molar-refractivity contribution is 6.15. The van der Waals surface area contributed by atoms with E-state index in [0.29, 0.717) is 0 Å². The topological polar surface area (TPSA) is 9.23 Å². The highest BCUT2D eigenvalue weighted by Gasteiger charge is 2.21. The number of ether oxygens (including phenoxy) is 1. The molecule has 0 heterocycles. The van der Waals surface area contributed by atoms with Gasteiger partial charge in [-0.05, 0) is 62.9 Å². The Kier molecular flexibility index (Phi) is 2.32. The first-order valence-corrected chi connectivity index (χ1v) is 7.80. The van der Waals surface area contributed by atoms with Crippen molar-refractivity contribution in [1.29, 1.82) is 0 Å². The average molecular weight is 284 g/mol. The Labute approximate surface area is 129 Å². The van der Waals surface area contributed by atoms with Crippen LogP contribution in [0.1, 0.15) is 11.1 Å². The normalized spacial score (nSPS) is 13.3. The fourth-order valence-corrected chi connectivity index (χ4v) is 4.08. The lowest BCUT2D eigenvalue weighted by molar-refractivity contribution is 0.411. The summed E-state index contributed by atoms with van der Waals surface area (Å²) >= 11 is 0. The van der Waals surface area contributed by atoms with E-state index < -0.39 is 0 Å². The van der Waals surface area contributed by atoms with Gasteiger partial charge >= 0.3 is 0 Å². The van der Waals surface area contributed by atoms with Gasteiger partial charge in [0.25, 0.3) is 0 Å². The number of aryl methyl sites for hydroxylation is 2. The molecule has 0 unspecified atom stereocenters. The summed E-state index contributed by atoms with van der Waals surface area (Å²) in [5, 5.41) is 8.20. The predicted octanol–water partition coefficient (Wildman–Crippen LogP) is 5.25. The van der Waals surface area contributed by atoms with Gasteiger partial charge in [0, 0.05) is 5.56 Å². The Bertz CT molecular complexity index is 1060. The Morgan fingerprint density at radius 1 is 0.727 bits per heavy atom. The van der Waals surface area contributed by atoms with E-state index in [2.05, 4.69) is 54.6 Å². The second-order valence-corrected chi connectivity index (χ2v) is 6.08. The predicted molar refractivity (Wildman–Crippen MR) is 92.9 cm³/mol. The summed E-state index contributed by atoms with van der Waals surface area (Å²) in [6.07, 6.45) is 2.20. The molecule has 0 fully saturated rings. The molecule has 22 heavy (non-hydrogen) atoms. The summed E-state index contributed by atoms with van der Waals surface area (Å²) in [5.41, 5.74) is 2.87. The Hall–Kier alpha value is -2.54. The fourth-order valence-electron chi connectivity index (χ4n) is 4.08. The first kappa shape index (κ1) is 12.0. The van der Waals surface area contributed by atoms with E-state index in [0.717, 1.165) is 18.6 Å². The highest BCUT2D eigenvalue weighted by Crippen LogP contribution is 2.42. The fraction of sp³-hybridized carbons (Fsp3) is 0.143. The molecule has 0 bridgehead atoms. The molecule has 0 spiro atoms. The van der Waals surface area contributed by atoms with Crippen LogP contribution in [0.3, 0.4) is 0 Å². The standard InChI is InChI=1S/C21H16O/c1-22-20-11-7-14-12-19-15-5-3-2-4-13(15)6-8-16(19)17-9-10-18(20)21(14)17/h2-8,11-12H,9-10H2,1H3. The van der Waals surface area contributed by atoms with Crippen molar-refractivity contribution in [2.45, 2.75) is 12.8 Å². The summed E-state index contributed by atoms with van der Waals surface area (Å²) in [6, 6.07) is 19.9. The molecule has 0 amide bonds. The van der Waals surface area contributed by atoms with E-state index in [9.17, 15) is 0 Å². The molecular weight excluding hydrogens is 268 g/mol. The van der Waals surface area contributed by atoms with Crippen molar-refractivity contribution in [1.82, 2.24) is 0 Å². The summed E-state index contributed by atoms with van der Waals surface area (Å²) in [5.74, 6) is 1.03. The van der Waals surface area contributed by atoms with Gasteiger partial charge in [-0.2, -0.15) is 0 Å². The van der Waals surface area contributed by atoms with Crippen LogP contribution < -0.4 is 4.74 Å². The van der Waals surface area contributed by atoms with Crippen molar-refractivity contribution >= 4 is 32.3 Å². The lowest BCUT2D eigenvalue weighted by atomic mass is 9.94. The van der Waals surface area contributed by atoms with Gasteiger partial charge in [-0.25, -0.2) is 0 Å². The lowest BCUT2D eigenvalue weighted by Gasteiger charge is -2.11. The summed E-state index contributed by atoms with van der Waals surface area (Å²) in [6.45, 7) is 0. The largest absolute Gasteiger partial charge is 0.496 e. The highest BCUT2D eigenvalue weighted by atomic mass is 16.5. The summed E-state index contributed by atoms with van der Waals surface area (Å²) < 4.78 is 5.56. The van der Waals surface area contributed by atoms with Gasteiger partial charge in [-0.1, -0.05) is 42.5 Å². The Balaban J connectivity index is 2.02. The first-order valence-electron chi connectivity index (χ1n) is 7.80. The van der Waals surface area contributed by atoms with Crippen molar-refractivity contribution in [2.24, 2.45) is 0 Å². The number of fused-ring (bicyclic) bond motifs is 4. The van der Waals surface area contributed by atoms with Crippen LogP contribution in [0.4, 0.5) is 0 Å². The third-order valence-electron chi connectivity index (χ3n) is 5.04. The van der Waals surface area contributed by atoms with Gasteiger partial charge in [-0.15, -0.1) is 0 Å². The third kappa shape index (κ3) is 1.43. The number of benzene rings is 4. The minimum atomic E-state index is 1.03. The van der Waals surface area contributed by atoms with E-state index in [-0.39, 0.29) is 0 Å². The van der Waals surface area contributed by atoms with Gasteiger partial charge in [0.15, 0.2) is 0 Å². The van der Waals surface area contributed by atoms with Crippen molar-refractivity contribution in [2.75, 3.05) is 7.11 Å². The quantitative estimate of drug-likeness (QED) is 0.342. The second kappa shape index (κ2) is 4.23. The molecule has 0 aromatic heterocycles. The smallest absolute Gasteiger partial charge is 0.122 e. The second-order valence-electron chi connectivity index (χ2n) is 6.08. The van der Waals surface area contributed by atoms with Gasteiger partial charge in [0.05, 0.1) is 7.11 Å². The molecule has 1 heteroatoms. The lowest BCUT2D eigenvalue weighted by Crippen LogP contribution is -1.89. The van der Waals surface area contributed by atoms with Crippen LogP contribution in [-0.2, 0) is 12.8 Å². The molecule has 0 saturated carbocycles. The molecule has 4 aromatic carbocycles. The van der Waals surface area contributed by atoms with E-state index in [1.807, 2.05) is 0 Å². The molecule has 106 valence electrons. The molecule has 4 aromatic rings. The van der Waals surface area contributed by atoms with E-state index in [1.54, 1.807) is 7.11 Å². The van der Waals surface area contributed by atoms with Crippen molar-refractivity contribution in [3.63, 3.8) is 0 Å². The monoisotopic (exact) mass is 284 g/mol. The number of hydrogen-bond acceptors (Lipinski definition) is 1. The van der Waals surface area contributed by atoms with Crippen molar-refractivity contribution < 1.29 is 4.74 Å². The molecule has 0 radical (unpaired) electrons. The van der Waals surface area contributed by atoms with Crippen LogP contribution in [0.25, 0.3) is 32.3 Å². The van der Waals surface area contributed by atoms with E-state index in [1.165, 1.54) is 43.4 Å². The van der Waals surface area contributed by atoms with Crippen molar-refractivity contribution in [3.05, 3.63) is 65.7 Å². The number of methoxy groups -OCH3 is 1. The summed E-state index contributed by atoms with van der Waals surface area (Å²) in [4.78, 5) is 0. The number of hydrogen-bond donors (Lipinski definition) is 0. The average Bonchev–Trinajstić information content (AvgIpc) is 3.02. The minimum Gasteiger partial charge on any atom is -0.496 e. The Morgan fingerprint density at radius 2 is 1.55 bits per heavy atom. The van der Waals surface area contributed by atoms with E-state index >= 15 is 0 Å². The van der Waals surface area contributed by atoms with Crippen LogP contribution in [0, 0.1) is 0 Å². The molecule has 0 saturated heterocycles. The van der Waals surface area contributed by atoms with Crippen LogP contribution in [0.5, 0.6) is 5.75 Å². The van der Waals surface area contributed by atoms with Gasteiger partial charge in [0.2, 0.25) is 0 Å². The molecule has 1 aliphatic rings.